The van der Waals surface area contributed by atoms with Gasteiger partial charge in [0.05, 0.1) is 5.69 Å². The highest BCUT2D eigenvalue weighted by atomic mass is 15.1. The Morgan fingerprint density at radius 2 is 1.86 bits per heavy atom. The molecule has 21 heavy (non-hydrogen) atoms. The molecule has 1 aromatic heterocycles. The van der Waals surface area contributed by atoms with Gasteiger partial charge in [-0.3, -0.25) is 0 Å². The Hall–Kier alpha value is -0.830. The molecule has 2 saturated carbocycles. The summed E-state index contributed by atoms with van der Waals surface area (Å²) in [6.07, 6.45) is 7.06. The molecule has 0 atom stereocenters. The van der Waals surface area contributed by atoms with Gasteiger partial charge in [0.15, 0.2) is 0 Å². The Morgan fingerprint density at radius 3 is 2.43 bits per heavy atom. The van der Waals surface area contributed by atoms with Gasteiger partial charge in [0.2, 0.25) is 0 Å². The summed E-state index contributed by atoms with van der Waals surface area (Å²) >= 11 is 0. The van der Waals surface area contributed by atoms with Crippen LogP contribution in [0.15, 0.2) is 0 Å². The summed E-state index contributed by atoms with van der Waals surface area (Å²) < 4.78 is 2.64. The van der Waals surface area contributed by atoms with E-state index in [0.29, 0.717) is 0 Å². The minimum absolute atomic E-state index is 0.148. The number of nitrogens with zero attached hydrogens (tertiary/aromatic N) is 2. The molecular weight excluding hydrogens is 258 g/mol. The molecule has 3 aliphatic rings. The maximum atomic E-state index is 5.03. The van der Waals surface area contributed by atoms with Gasteiger partial charge < -0.3 is 9.88 Å². The monoisotopic (exact) mass is 287 g/mol. The average molecular weight is 287 g/mol. The van der Waals surface area contributed by atoms with Gasteiger partial charge in [0.25, 0.3) is 0 Å². The van der Waals surface area contributed by atoms with Crippen molar-refractivity contribution in [3.05, 3.63) is 17.2 Å². The highest BCUT2D eigenvalue weighted by molar-refractivity contribution is 5.24. The van der Waals surface area contributed by atoms with Gasteiger partial charge in [-0.15, -0.1) is 0 Å². The highest BCUT2D eigenvalue weighted by Crippen LogP contribution is 2.50. The normalized spacial score (nSPS) is 22.7. The van der Waals surface area contributed by atoms with Gasteiger partial charge in [-0.25, -0.2) is 4.98 Å². The number of rotatable bonds is 4. The van der Waals surface area contributed by atoms with Gasteiger partial charge in [-0.2, -0.15) is 0 Å². The number of nitrogens with one attached hydrogen (secondary N) is 1. The molecule has 0 saturated heterocycles. The van der Waals surface area contributed by atoms with Crippen molar-refractivity contribution in [2.24, 2.45) is 17.8 Å². The van der Waals surface area contributed by atoms with Crippen LogP contribution in [0.3, 0.4) is 0 Å². The lowest BCUT2D eigenvalue weighted by molar-refractivity contribution is 0.328. The zero-order valence-electron chi connectivity index (χ0n) is 13.8. The number of aromatic nitrogens is 2. The van der Waals surface area contributed by atoms with Gasteiger partial charge in [0, 0.05) is 37.2 Å². The van der Waals surface area contributed by atoms with E-state index < -0.39 is 0 Å². The number of hydrogen-bond donors (Lipinski definition) is 1. The summed E-state index contributed by atoms with van der Waals surface area (Å²) in [7, 11) is 0. The predicted molar refractivity (Wildman–Crippen MR) is 85.3 cm³/mol. The molecule has 0 unspecified atom stereocenters. The first-order chi connectivity index (χ1) is 10.0. The summed E-state index contributed by atoms with van der Waals surface area (Å²) in [5.41, 5.74) is 3.00. The van der Waals surface area contributed by atoms with E-state index in [-0.39, 0.29) is 5.41 Å². The maximum absolute atomic E-state index is 5.03. The lowest BCUT2D eigenvalue weighted by atomic mass is 9.93. The lowest BCUT2D eigenvalue weighted by Crippen LogP contribution is -2.28. The van der Waals surface area contributed by atoms with Crippen LogP contribution in [-0.2, 0) is 24.9 Å². The van der Waals surface area contributed by atoms with Crippen LogP contribution < -0.4 is 5.32 Å². The van der Waals surface area contributed by atoms with Crippen LogP contribution in [0.1, 0.15) is 63.7 Å². The van der Waals surface area contributed by atoms with Crippen LogP contribution in [0.2, 0.25) is 0 Å². The van der Waals surface area contributed by atoms with E-state index in [0.717, 1.165) is 37.3 Å². The molecule has 2 heterocycles. The van der Waals surface area contributed by atoms with E-state index in [9.17, 15) is 0 Å². The molecule has 1 N–H and O–H groups in total. The number of fused-ring (bicyclic) bond motifs is 1. The molecule has 3 heteroatoms. The molecule has 0 bridgehead atoms. The lowest BCUT2D eigenvalue weighted by Gasteiger charge is -2.25. The van der Waals surface area contributed by atoms with Gasteiger partial charge >= 0.3 is 0 Å². The SMILES string of the molecule is CC(C)(C)c1nc2c(n1CC(C1CC1)C1CC1)CCNC2. The molecule has 0 aromatic carbocycles. The van der Waals surface area contributed by atoms with Crippen molar-refractivity contribution < 1.29 is 0 Å². The Labute approximate surface area is 128 Å². The molecule has 0 amide bonds. The Balaban J connectivity index is 1.69. The van der Waals surface area contributed by atoms with Crippen LogP contribution >= 0.6 is 0 Å². The zero-order chi connectivity index (χ0) is 14.6. The molecule has 3 nitrogen and oxygen atoms in total. The summed E-state index contributed by atoms with van der Waals surface area (Å²) in [4.78, 5) is 5.03. The summed E-state index contributed by atoms with van der Waals surface area (Å²) in [5.74, 6) is 4.29. The summed E-state index contributed by atoms with van der Waals surface area (Å²) in [6.45, 7) is 10.3. The molecular formula is C18H29N3. The molecule has 0 radical (unpaired) electrons. The topological polar surface area (TPSA) is 29.9 Å². The van der Waals surface area contributed by atoms with Gasteiger partial charge in [-0.05, 0) is 43.4 Å². The van der Waals surface area contributed by atoms with E-state index in [1.54, 1.807) is 0 Å². The van der Waals surface area contributed by atoms with Crippen LogP contribution in [0.25, 0.3) is 0 Å². The Bertz CT molecular complexity index is 517. The van der Waals surface area contributed by atoms with Gasteiger partial charge in [-0.1, -0.05) is 20.8 Å². The van der Waals surface area contributed by atoms with Crippen LogP contribution in [0.4, 0.5) is 0 Å². The fourth-order valence-electron chi connectivity index (χ4n) is 4.08. The predicted octanol–water partition coefficient (Wildman–Crippen LogP) is 3.26. The second kappa shape index (κ2) is 4.84. The molecule has 2 fully saturated rings. The molecule has 4 rings (SSSR count). The molecule has 2 aliphatic carbocycles. The molecule has 116 valence electrons. The quantitative estimate of drug-likeness (QED) is 0.921. The van der Waals surface area contributed by atoms with Crippen LogP contribution in [-0.4, -0.2) is 16.1 Å². The second-order valence-electron chi connectivity index (χ2n) is 8.45. The van der Waals surface area contributed by atoms with E-state index >= 15 is 0 Å². The molecule has 0 spiro atoms. The van der Waals surface area contributed by atoms with Crippen molar-refractivity contribution in [2.75, 3.05) is 6.54 Å². The van der Waals surface area contributed by atoms with Crippen molar-refractivity contribution in [3.8, 4) is 0 Å². The number of hydrogen-bond acceptors (Lipinski definition) is 2. The van der Waals surface area contributed by atoms with Gasteiger partial charge in [0.1, 0.15) is 5.82 Å². The summed E-state index contributed by atoms with van der Waals surface area (Å²) in [6, 6.07) is 0. The third-order valence-corrected chi connectivity index (χ3v) is 5.51. The van der Waals surface area contributed by atoms with Crippen molar-refractivity contribution in [1.82, 2.24) is 14.9 Å². The third kappa shape index (κ3) is 2.65. The maximum Gasteiger partial charge on any atom is 0.114 e. The molecule has 1 aliphatic heterocycles. The first-order valence-electron chi connectivity index (χ1n) is 8.83. The van der Waals surface area contributed by atoms with E-state index in [4.69, 9.17) is 4.98 Å². The minimum Gasteiger partial charge on any atom is -0.331 e. The smallest absolute Gasteiger partial charge is 0.114 e. The largest absolute Gasteiger partial charge is 0.331 e. The van der Waals surface area contributed by atoms with Crippen molar-refractivity contribution in [1.29, 1.82) is 0 Å². The minimum atomic E-state index is 0.148. The average Bonchev–Trinajstić information content (AvgIpc) is 3.32. The highest BCUT2D eigenvalue weighted by Gasteiger charge is 2.42. The Morgan fingerprint density at radius 1 is 1.19 bits per heavy atom. The Kier molecular flexibility index (Phi) is 3.18. The van der Waals surface area contributed by atoms with Crippen molar-refractivity contribution in [2.45, 2.75) is 71.4 Å². The van der Waals surface area contributed by atoms with Crippen molar-refractivity contribution >= 4 is 0 Å². The van der Waals surface area contributed by atoms with E-state index in [1.165, 1.54) is 49.4 Å². The van der Waals surface area contributed by atoms with Crippen molar-refractivity contribution in [3.63, 3.8) is 0 Å². The molecule has 1 aromatic rings. The summed E-state index contributed by atoms with van der Waals surface area (Å²) in [5, 5.41) is 3.48. The fraction of sp³-hybridized carbons (Fsp3) is 0.833. The van der Waals surface area contributed by atoms with E-state index in [2.05, 4.69) is 30.7 Å². The van der Waals surface area contributed by atoms with E-state index in [1.807, 2.05) is 0 Å². The third-order valence-electron chi connectivity index (χ3n) is 5.51. The first-order valence-corrected chi connectivity index (χ1v) is 8.83. The first kappa shape index (κ1) is 13.8. The fourth-order valence-corrected chi connectivity index (χ4v) is 4.08. The second-order valence-corrected chi connectivity index (χ2v) is 8.45. The zero-order valence-corrected chi connectivity index (χ0v) is 13.8. The standard InChI is InChI=1S/C18H29N3/c1-18(2,3)17-20-15-10-19-9-8-16(15)21(17)11-14(12-4-5-12)13-6-7-13/h12-14,19H,4-11H2,1-3H3. The van der Waals surface area contributed by atoms with Crippen LogP contribution in [0.5, 0.6) is 0 Å². The number of imidazole rings is 1. The van der Waals surface area contributed by atoms with Crippen LogP contribution in [0, 0.1) is 17.8 Å².